The minimum Gasteiger partial charge on any atom is -0.326 e. The zero-order valence-electron chi connectivity index (χ0n) is 16.6. The monoisotopic (exact) mass is 410 g/mol. The molecule has 3 N–H and O–H groups in total. The van der Waals surface area contributed by atoms with E-state index in [9.17, 15) is 24.5 Å². The quantitative estimate of drug-likeness (QED) is 0.367. The summed E-state index contributed by atoms with van der Waals surface area (Å²) in [5, 5.41) is 13.3. The van der Waals surface area contributed by atoms with E-state index in [-0.39, 0.29) is 24.4 Å². The van der Waals surface area contributed by atoms with Gasteiger partial charge in [0.1, 0.15) is 0 Å². The van der Waals surface area contributed by atoms with Crippen LogP contribution in [-0.2, 0) is 14.4 Å². The van der Waals surface area contributed by atoms with Crippen LogP contribution in [-0.4, -0.2) is 22.6 Å². The lowest BCUT2D eigenvalue weighted by molar-refractivity contribution is -0.384. The number of amides is 3. The maximum atomic E-state index is 11.9. The van der Waals surface area contributed by atoms with Gasteiger partial charge in [0, 0.05) is 36.7 Å². The molecule has 0 unspecified atom stereocenters. The van der Waals surface area contributed by atoms with Crippen LogP contribution in [0.4, 0.5) is 11.4 Å². The Morgan fingerprint density at radius 1 is 0.933 bits per heavy atom. The van der Waals surface area contributed by atoms with Crippen LogP contribution in [0.1, 0.15) is 29.5 Å². The second kappa shape index (κ2) is 10.5. The Bertz CT molecular complexity index is 983. The first-order valence-corrected chi connectivity index (χ1v) is 9.13. The number of rotatable bonds is 7. The molecule has 0 aliphatic rings. The number of nitro benzene ring substituents is 1. The maximum Gasteiger partial charge on any atom is 0.269 e. The highest BCUT2D eigenvalue weighted by molar-refractivity contribution is 5.95. The Kier molecular flexibility index (Phi) is 7.81. The smallest absolute Gasteiger partial charge is 0.269 e. The molecule has 0 fully saturated rings. The first-order chi connectivity index (χ1) is 14.2. The van der Waals surface area contributed by atoms with Gasteiger partial charge < -0.3 is 5.32 Å². The van der Waals surface area contributed by atoms with Gasteiger partial charge in [-0.2, -0.15) is 0 Å². The van der Waals surface area contributed by atoms with E-state index < -0.39 is 16.7 Å². The molecule has 0 spiro atoms. The van der Waals surface area contributed by atoms with Crippen molar-refractivity contribution in [2.24, 2.45) is 0 Å². The number of anilines is 1. The number of aryl methyl sites for hydroxylation is 2. The van der Waals surface area contributed by atoms with E-state index in [0.717, 1.165) is 11.1 Å². The lowest BCUT2D eigenvalue weighted by Gasteiger charge is -2.08. The fraction of sp³-hybridized carbons (Fsp3) is 0.190. The average molecular weight is 410 g/mol. The zero-order chi connectivity index (χ0) is 22.1. The van der Waals surface area contributed by atoms with Gasteiger partial charge in [0.2, 0.25) is 11.8 Å². The van der Waals surface area contributed by atoms with E-state index in [0.29, 0.717) is 11.3 Å². The molecular weight excluding hydrogens is 388 g/mol. The highest BCUT2D eigenvalue weighted by Crippen LogP contribution is 2.14. The fourth-order valence-corrected chi connectivity index (χ4v) is 2.38. The van der Waals surface area contributed by atoms with Crippen LogP contribution >= 0.6 is 0 Å². The second-order valence-corrected chi connectivity index (χ2v) is 6.57. The summed E-state index contributed by atoms with van der Waals surface area (Å²) in [5.74, 6) is -1.40. The molecule has 30 heavy (non-hydrogen) atoms. The van der Waals surface area contributed by atoms with E-state index in [1.54, 1.807) is 6.07 Å². The summed E-state index contributed by atoms with van der Waals surface area (Å²) in [6.45, 7) is 3.91. The largest absolute Gasteiger partial charge is 0.326 e. The number of nitrogens with one attached hydrogen (secondary N) is 3. The molecular formula is C21H22N4O5. The van der Waals surface area contributed by atoms with Crippen LogP contribution in [0.25, 0.3) is 6.08 Å². The number of nitrogens with zero attached hydrogens (tertiary/aromatic N) is 1. The van der Waals surface area contributed by atoms with Crippen LogP contribution in [0, 0.1) is 24.0 Å². The first-order valence-electron chi connectivity index (χ1n) is 9.13. The van der Waals surface area contributed by atoms with Crippen LogP contribution in [0.3, 0.4) is 0 Å². The number of hydrogen-bond donors (Lipinski definition) is 3. The molecule has 0 aliphatic carbocycles. The highest BCUT2D eigenvalue weighted by atomic mass is 16.6. The van der Waals surface area contributed by atoms with E-state index in [1.165, 1.54) is 36.4 Å². The van der Waals surface area contributed by atoms with Crippen molar-refractivity contribution in [1.82, 2.24) is 10.9 Å². The molecule has 9 heteroatoms. The minimum atomic E-state index is -0.582. The van der Waals surface area contributed by atoms with Gasteiger partial charge in [0.05, 0.1) is 4.92 Å². The van der Waals surface area contributed by atoms with Gasteiger partial charge in [-0.05, 0) is 60.9 Å². The average Bonchev–Trinajstić information content (AvgIpc) is 2.72. The SMILES string of the molecule is Cc1ccc(NC(=O)CCC(=O)NNC(=O)/C=C/c2ccc([N+](=O)[O-])cc2)cc1C. The van der Waals surface area contributed by atoms with Crippen LogP contribution in [0.5, 0.6) is 0 Å². The molecule has 0 radical (unpaired) electrons. The number of hydrazine groups is 1. The minimum absolute atomic E-state index is 0.0345. The molecule has 0 saturated carbocycles. The molecule has 2 aromatic rings. The summed E-state index contributed by atoms with van der Waals surface area (Å²) < 4.78 is 0. The Labute approximate surface area is 173 Å². The molecule has 3 amide bonds. The molecule has 0 atom stereocenters. The molecule has 0 bridgehead atoms. The first kappa shape index (κ1) is 22.3. The summed E-state index contributed by atoms with van der Waals surface area (Å²) in [6.07, 6.45) is 2.49. The predicted octanol–water partition coefficient (Wildman–Crippen LogP) is 2.79. The maximum absolute atomic E-state index is 11.9. The van der Waals surface area contributed by atoms with Gasteiger partial charge in [0.25, 0.3) is 11.6 Å². The summed E-state index contributed by atoms with van der Waals surface area (Å²) in [6, 6.07) is 11.2. The summed E-state index contributed by atoms with van der Waals surface area (Å²) in [4.78, 5) is 45.5. The summed E-state index contributed by atoms with van der Waals surface area (Å²) >= 11 is 0. The topological polar surface area (TPSA) is 130 Å². The van der Waals surface area contributed by atoms with Crippen molar-refractivity contribution in [2.45, 2.75) is 26.7 Å². The van der Waals surface area contributed by atoms with Crippen molar-refractivity contribution in [1.29, 1.82) is 0 Å². The van der Waals surface area contributed by atoms with Gasteiger partial charge in [-0.3, -0.25) is 35.3 Å². The van der Waals surface area contributed by atoms with Gasteiger partial charge in [-0.1, -0.05) is 6.07 Å². The molecule has 0 saturated heterocycles. The van der Waals surface area contributed by atoms with Gasteiger partial charge in [-0.25, -0.2) is 0 Å². The lowest BCUT2D eigenvalue weighted by Crippen LogP contribution is -2.41. The van der Waals surface area contributed by atoms with Crippen molar-refractivity contribution in [3.05, 3.63) is 75.3 Å². The Hall–Kier alpha value is -4.01. The van der Waals surface area contributed by atoms with E-state index in [2.05, 4.69) is 16.2 Å². The molecule has 2 aromatic carbocycles. The highest BCUT2D eigenvalue weighted by Gasteiger charge is 2.08. The Morgan fingerprint density at radius 2 is 1.60 bits per heavy atom. The molecule has 2 rings (SSSR count). The van der Waals surface area contributed by atoms with Crippen LogP contribution < -0.4 is 16.2 Å². The van der Waals surface area contributed by atoms with Crippen molar-refractivity contribution < 1.29 is 19.3 Å². The third-order valence-corrected chi connectivity index (χ3v) is 4.23. The standard InChI is InChI=1S/C21H22N4O5/c1-14-3-7-17(13-15(14)2)22-19(26)11-12-21(28)24-23-20(27)10-6-16-4-8-18(9-5-16)25(29)30/h3-10,13H,11-12H2,1-2H3,(H,22,26)(H,23,27)(H,24,28)/b10-6+. The zero-order valence-corrected chi connectivity index (χ0v) is 16.6. The summed E-state index contributed by atoms with van der Waals surface area (Å²) in [7, 11) is 0. The third-order valence-electron chi connectivity index (χ3n) is 4.23. The predicted molar refractivity (Wildman–Crippen MR) is 112 cm³/mol. The van der Waals surface area contributed by atoms with E-state index in [4.69, 9.17) is 0 Å². The van der Waals surface area contributed by atoms with Crippen molar-refractivity contribution in [3.63, 3.8) is 0 Å². The van der Waals surface area contributed by atoms with Crippen molar-refractivity contribution in [2.75, 3.05) is 5.32 Å². The van der Waals surface area contributed by atoms with E-state index >= 15 is 0 Å². The van der Waals surface area contributed by atoms with Crippen molar-refractivity contribution in [3.8, 4) is 0 Å². The fourth-order valence-electron chi connectivity index (χ4n) is 2.38. The van der Waals surface area contributed by atoms with Gasteiger partial charge >= 0.3 is 0 Å². The Morgan fingerprint density at radius 3 is 2.23 bits per heavy atom. The lowest BCUT2D eigenvalue weighted by atomic mass is 10.1. The van der Waals surface area contributed by atoms with E-state index in [1.807, 2.05) is 26.0 Å². The number of nitro groups is 1. The third kappa shape index (κ3) is 7.19. The van der Waals surface area contributed by atoms with Crippen LogP contribution in [0.15, 0.2) is 48.5 Å². The summed E-state index contributed by atoms with van der Waals surface area (Å²) in [5.41, 5.74) is 7.79. The molecule has 0 aliphatic heterocycles. The van der Waals surface area contributed by atoms with Crippen molar-refractivity contribution >= 4 is 35.2 Å². The Balaban J connectivity index is 1.71. The normalized spacial score (nSPS) is 10.5. The number of non-ortho nitro benzene ring substituents is 1. The van der Waals surface area contributed by atoms with Gasteiger partial charge in [-0.15, -0.1) is 0 Å². The number of carbonyl (C=O) groups is 3. The number of hydrogen-bond acceptors (Lipinski definition) is 5. The second-order valence-electron chi connectivity index (χ2n) is 6.57. The molecule has 0 aromatic heterocycles. The number of carbonyl (C=O) groups excluding carboxylic acids is 3. The molecule has 156 valence electrons. The molecule has 9 nitrogen and oxygen atoms in total. The number of benzene rings is 2. The van der Waals surface area contributed by atoms with Gasteiger partial charge in [0.15, 0.2) is 0 Å². The van der Waals surface area contributed by atoms with Crippen LogP contribution in [0.2, 0.25) is 0 Å². The molecule has 0 heterocycles.